The molecule has 0 saturated carbocycles. The molecule has 2 N–H and O–H groups in total. The lowest BCUT2D eigenvalue weighted by Gasteiger charge is -2.08. The average molecular weight is 245 g/mol. The molecule has 0 aromatic carbocycles. The molecule has 5 heteroatoms. The fourth-order valence-corrected chi connectivity index (χ4v) is 2.03. The molecule has 96 valence electrons. The van der Waals surface area contributed by atoms with Crippen LogP contribution in [-0.2, 0) is 6.42 Å². The van der Waals surface area contributed by atoms with E-state index in [1.54, 1.807) is 6.20 Å². The Hall–Kier alpha value is -1.75. The number of nitrogens with two attached hydrogens (primary N) is 1. The average Bonchev–Trinajstić information content (AvgIpc) is 2.67. The summed E-state index contributed by atoms with van der Waals surface area (Å²) in [6.45, 7) is 6.95. The fourth-order valence-electron chi connectivity index (χ4n) is 2.03. The van der Waals surface area contributed by atoms with Crippen LogP contribution in [0.1, 0.15) is 23.9 Å². The summed E-state index contributed by atoms with van der Waals surface area (Å²) >= 11 is 0. The monoisotopic (exact) mass is 245 g/mol. The maximum atomic E-state index is 5.69. The largest absolute Gasteiger partial charge is 0.330 e. The van der Waals surface area contributed by atoms with Gasteiger partial charge in [0.05, 0.1) is 5.69 Å². The first kappa shape index (κ1) is 12.7. The smallest absolute Gasteiger partial charge is 0.156 e. The first-order chi connectivity index (χ1) is 8.63. The Morgan fingerprint density at radius 2 is 2.17 bits per heavy atom. The zero-order chi connectivity index (χ0) is 13.1. The number of aryl methyl sites for hydroxylation is 1. The van der Waals surface area contributed by atoms with Crippen LogP contribution >= 0.6 is 0 Å². The van der Waals surface area contributed by atoms with Crippen molar-refractivity contribution in [3.05, 3.63) is 35.5 Å². The van der Waals surface area contributed by atoms with Gasteiger partial charge in [-0.1, -0.05) is 6.92 Å². The molecule has 2 rings (SSSR count). The van der Waals surface area contributed by atoms with E-state index in [0.717, 1.165) is 23.6 Å². The van der Waals surface area contributed by atoms with Crippen molar-refractivity contribution in [2.75, 3.05) is 6.54 Å². The molecule has 5 nitrogen and oxygen atoms in total. The topological polar surface area (TPSA) is 69.6 Å². The Morgan fingerprint density at radius 1 is 1.39 bits per heavy atom. The zero-order valence-corrected chi connectivity index (χ0v) is 11.1. The zero-order valence-electron chi connectivity index (χ0n) is 11.1. The lowest BCUT2D eigenvalue weighted by atomic mass is 10.00. The maximum Gasteiger partial charge on any atom is 0.156 e. The molecule has 0 fully saturated rings. The van der Waals surface area contributed by atoms with Gasteiger partial charge in [0, 0.05) is 18.0 Å². The SMILES string of the molecule is Cc1nn(-c2ccncn2)c(C)c1CC(C)CN. The van der Waals surface area contributed by atoms with E-state index < -0.39 is 0 Å². The minimum absolute atomic E-state index is 0.463. The van der Waals surface area contributed by atoms with Gasteiger partial charge in [-0.25, -0.2) is 14.6 Å². The van der Waals surface area contributed by atoms with Crippen LogP contribution in [0.15, 0.2) is 18.6 Å². The van der Waals surface area contributed by atoms with E-state index in [1.165, 1.54) is 11.9 Å². The molecule has 1 unspecified atom stereocenters. The van der Waals surface area contributed by atoms with E-state index in [-0.39, 0.29) is 0 Å². The van der Waals surface area contributed by atoms with Crippen LogP contribution in [0.2, 0.25) is 0 Å². The number of rotatable bonds is 4. The molecule has 2 aromatic rings. The number of hydrogen-bond donors (Lipinski definition) is 1. The number of aromatic nitrogens is 4. The summed E-state index contributed by atoms with van der Waals surface area (Å²) in [4.78, 5) is 8.15. The summed E-state index contributed by atoms with van der Waals surface area (Å²) in [5, 5.41) is 4.55. The summed E-state index contributed by atoms with van der Waals surface area (Å²) in [5.41, 5.74) is 9.14. The van der Waals surface area contributed by atoms with E-state index in [2.05, 4.69) is 28.9 Å². The predicted octanol–water partition coefficient (Wildman–Crippen LogP) is 1.42. The molecule has 2 aromatic heterocycles. The highest BCUT2D eigenvalue weighted by Gasteiger charge is 2.15. The van der Waals surface area contributed by atoms with Crippen molar-refractivity contribution in [2.24, 2.45) is 11.7 Å². The van der Waals surface area contributed by atoms with E-state index in [9.17, 15) is 0 Å². The molecule has 0 aliphatic carbocycles. The Labute approximate surface area is 107 Å². The van der Waals surface area contributed by atoms with Gasteiger partial charge in [-0.15, -0.1) is 0 Å². The van der Waals surface area contributed by atoms with Crippen LogP contribution in [0.5, 0.6) is 0 Å². The summed E-state index contributed by atoms with van der Waals surface area (Å²) < 4.78 is 1.87. The lowest BCUT2D eigenvalue weighted by Crippen LogP contribution is -2.14. The van der Waals surface area contributed by atoms with Crippen LogP contribution in [0.4, 0.5) is 0 Å². The van der Waals surface area contributed by atoms with E-state index in [1.807, 2.05) is 17.7 Å². The summed E-state index contributed by atoms with van der Waals surface area (Å²) in [5.74, 6) is 1.27. The number of hydrogen-bond acceptors (Lipinski definition) is 4. The quantitative estimate of drug-likeness (QED) is 0.884. The second-order valence-electron chi connectivity index (χ2n) is 4.67. The minimum Gasteiger partial charge on any atom is -0.330 e. The second-order valence-corrected chi connectivity index (χ2v) is 4.67. The molecule has 2 heterocycles. The maximum absolute atomic E-state index is 5.69. The number of nitrogens with zero attached hydrogens (tertiary/aromatic N) is 4. The highest BCUT2D eigenvalue weighted by Crippen LogP contribution is 2.19. The summed E-state index contributed by atoms with van der Waals surface area (Å²) in [6.07, 6.45) is 4.22. The molecular formula is C13H19N5. The van der Waals surface area contributed by atoms with Crippen molar-refractivity contribution in [1.82, 2.24) is 19.7 Å². The van der Waals surface area contributed by atoms with Crippen LogP contribution in [0, 0.1) is 19.8 Å². The molecule has 0 spiro atoms. The van der Waals surface area contributed by atoms with Crippen LogP contribution in [-0.4, -0.2) is 26.3 Å². The summed E-state index contributed by atoms with van der Waals surface area (Å²) in [7, 11) is 0. The highest BCUT2D eigenvalue weighted by atomic mass is 15.3. The van der Waals surface area contributed by atoms with E-state index >= 15 is 0 Å². The Morgan fingerprint density at radius 3 is 2.78 bits per heavy atom. The van der Waals surface area contributed by atoms with Crippen LogP contribution < -0.4 is 5.73 Å². The lowest BCUT2D eigenvalue weighted by molar-refractivity contribution is 0.589. The van der Waals surface area contributed by atoms with Crippen molar-refractivity contribution in [3.8, 4) is 5.82 Å². The molecule has 1 atom stereocenters. The molecule has 0 saturated heterocycles. The standard InChI is InChI=1S/C13H19N5/c1-9(7-14)6-12-10(2)17-18(11(12)3)13-4-5-15-8-16-13/h4-5,8-9H,6-7,14H2,1-3H3. The molecule has 0 aliphatic heterocycles. The van der Waals surface area contributed by atoms with Gasteiger partial charge in [0.25, 0.3) is 0 Å². The van der Waals surface area contributed by atoms with Crippen molar-refractivity contribution in [3.63, 3.8) is 0 Å². The Kier molecular flexibility index (Phi) is 3.72. The van der Waals surface area contributed by atoms with Gasteiger partial charge < -0.3 is 5.73 Å². The minimum atomic E-state index is 0.463. The third-order valence-corrected chi connectivity index (χ3v) is 3.18. The van der Waals surface area contributed by atoms with Crippen molar-refractivity contribution in [2.45, 2.75) is 27.2 Å². The molecule has 18 heavy (non-hydrogen) atoms. The van der Waals surface area contributed by atoms with Crippen LogP contribution in [0.3, 0.4) is 0 Å². The molecule has 0 amide bonds. The third-order valence-electron chi connectivity index (χ3n) is 3.18. The Bertz CT molecular complexity index is 518. The normalized spacial score (nSPS) is 12.7. The van der Waals surface area contributed by atoms with E-state index in [4.69, 9.17) is 5.73 Å². The van der Waals surface area contributed by atoms with Crippen molar-refractivity contribution >= 4 is 0 Å². The summed E-state index contributed by atoms with van der Waals surface area (Å²) in [6, 6.07) is 1.86. The molecule has 0 bridgehead atoms. The molecule has 0 radical (unpaired) electrons. The van der Waals surface area contributed by atoms with E-state index in [0.29, 0.717) is 12.5 Å². The second kappa shape index (κ2) is 5.27. The van der Waals surface area contributed by atoms with Gasteiger partial charge in [0.2, 0.25) is 0 Å². The molecular weight excluding hydrogens is 226 g/mol. The van der Waals surface area contributed by atoms with Gasteiger partial charge in [-0.2, -0.15) is 5.10 Å². The first-order valence-corrected chi connectivity index (χ1v) is 6.15. The van der Waals surface area contributed by atoms with Crippen LogP contribution in [0.25, 0.3) is 5.82 Å². The predicted molar refractivity (Wildman–Crippen MR) is 70.6 cm³/mol. The van der Waals surface area contributed by atoms with Gasteiger partial charge in [-0.3, -0.25) is 0 Å². The van der Waals surface area contributed by atoms with Gasteiger partial charge in [-0.05, 0) is 38.3 Å². The third kappa shape index (κ3) is 2.41. The Balaban J connectivity index is 2.38. The van der Waals surface area contributed by atoms with Crippen molar-refractivity contribution in [1.29, 1.82) is 0 Å². The molecule has 0 aliphatic rings. The van der Waals surface area contributed by atoms with Gasteiger partial charge in [0.15, 0.2) is 5.82 Å². The first-order valence-electron chi connectivity index (χ1n) is 6.15. The van der Waals surface area contributed by atoms with Gasteiger partial charge in [0.1, 0.15) is 6.33 Å². The van der Waals surface area contributed by atoms with Gasteiger partial charge >= 0.3 is 0 Å². The van der Waals surface area contributed by atoms with Crippen molar-refractivity contribution < 1.29 is 0 Å². The fraction of sp³-hybridized carbons (Fsp3) is 0.462. The highest BCUT2D eigenvalue weighted by molar-refractivity contribution is 5.31.